The van der Waals surface area contributed by atoms with E-state index in [1.54, 1.807) is 41.3 Å². The molecular formula is C19H23ClN4O2S2. The van der Waals surface area contributed by atoms with Crippen molar-refractivity contribution < 1.29 is 9.59 Å². The standard InChI is InChI=1S/C19H23ClN4O2S2/c1-12-11-27-18(21-12)28-16-5-4-14(10-15(16)20)22-17(25)13-6-8-24(9-7-13)19(26)23(2)3/h4-5,10-11,13H,6-9H2,1-3H3,(H,22,25). The third-order valence-electron chi connectivity index (χ3n) is 4.51. The fraction of sp³-hybridized carbons (Fsp3) is 0.421. The minimum atomic E-state index is -0.0997. The van der Waals surface area contributed by atoms with Crippen molar-refractivity contribution in [2.75, 3.05) is 32.5 Å². The second kappa shape index (κ2) is 9.15. The first kappa shape index (κ1) is 21.0. The van der Waals surface area contributed by atoms with Crippen LogP contribution in [0.2, 0.25) is 5.02 Å². The Morgan fingerprint density at radius 3 is 2.61 bits per heavy atom. The molecule has 2 aromatic rings. The molecule has 0 unspecified atom stereocenters. The summed E-state index contributed by atoms with van der Waals surface area (Å²) in [6.45, 7) is 3.15. The molecule has 150 valence electrons. The zero-order valence-electron chi connectivity index (χ0n) is 16.1. The van der Waals surface area contributed by atoms with Crippen molar-refractivity contribution in [3.8, 4) is 0 Å². The molecule has 1 fully saturated rings. The Balaban J connectivity index is 1.56. The van der Waals surface area contributed by atoms with Crippen LogP contribution in [0.15, 0.2) is 32.8 Å². The molecule has 0 aliphatic carbocycles. The predicted molar refractivity (Wildman–Crippen MR) is 114 cm³/mol. The van der Waals surface area contributed by atoms with Gasteiger partial charge in [0.05, 0.1) is 5.02 Å². The molecule has 1 aromatic heterocycles. The molecule has 0 saturated carbocycles. The van der Waals surface area contributed by atoms with Crippen LogP contribution < -0.4 is 5.32 Å². The van der Waals surface area contributed by atoms with E-state index in [0.717, 1.165) is 14.9 Å². The van der Waals surface area contributed by atoms with Crippen LogP contribution in [0, 0.1) is 12.8 Å². The number of aromatic nitrogens is 1. The van der Waals surface area contributed by atoms with E-state index in [1.807, 2.05) is 24.4 Å². The third-order valence-corrected chi connectivity index (χ3v) is 7.07. The van der Waals surface area contributed by atoms with E-state index in [2.05, 4.69) is 10.3 Å². The molecule has 9 heteroatoms. The summed E-state index contributed by atoms with van der Waals surface area (Å²) in [5.41, 5.74) is 1.67. The van der Waals surface area contributed by atoms with Gasteiger partial charge in [-0.3, -0.25) is 4.79 Å². The number of aryl methyl sites for hydroxylation is 1. The van der Waals surface area contributed by atoms with Gasteiger partial charge >= 0.3 is 6.03 Å². The monoisotopic (exact) mass is 438 g/mol. The second-order valence-electron chi connectivity index (χ2n) is 6.93. The van der Waals surface area contributed by atoms with E-state index in [9.17, 15) is 9.59 Å². The SMILES string of the molecule is Cc1csc(Sc2ccc(NC(=O)C3CCN(C(=O)N(C)C)CC3)cc2Cl)n1. The third kappa shape index (κ3) is 5.18. The van der Waals surface area contributed by atoms with Crippen molar-refractivity contribution in [1.82, 2.24) is 14.8 Å². The molecule has 2 heterocycles. The van der Waals surface area contributed by atoms with Crippen LogP contribution in [0.5, 0.6) is 0 Å². The highest BCUT2D eigenvalue weighted by atomic mass is 35.5. The first-order valence-electron chi connectivity index (χ1n) is 9.00. The van der Waals surface area contributed by atoms with Crippen LogP contribution >= 0.6 is 34.7 Å². The summed E-state index contributed by atoms with van der Waals surface area (Å²) in [4.78, 5) is 33.3. The average Bonchev–Trinajstić information content (AvgIpc) is 3.08. The Hall–Kier alpha value is -1.77. The summed E-state index contributed by atoms with van der Waals surface area (Å²) in [5, 5.41) is 5.54. The lowest BCUT2D eigenvalue weighted by Crippen LogP contribution is -2.45. The fourth-order valence-electron chi connectivity index (χ4n) is 2.99. The number of thiazole rings is 1. The van der Waals surface area contributed by atoms with Gasteiger partial charge in [0.2, 0.25) is 5.91 Å². The molecule has 6 nitrogen and oxygen atoms in total. The van der Waals surface area contributed by atoms with Gasteiger partial charge in [0.15, 0.2) is 4.34 Å². The molecule has 3 rings (SSSR count). The Kier molecular flexibility index (Phi) is 6.85. The average molecular weight is 439 g/mol. The molecular weight excluding hydrogens is 416 g/mol. The molecule has 0 bridgehead atoms. The first-order chi connectivity index (χ1) is 13.3. The zero-order valence-corrected chi connectivity index (χ0v) is 18.5. The number of carbonyl (C=O) groups excluding carboxylic acids is 2. The number of benzene rings is 1. The second-order valence-corrected chi connectivity index (χ2v) is 9.48. The van der Waals surface area contributed by atoms with Gasteiger partial charge < -0.3 is 15.1 Å². The van der Waals surface area contributed by atoms with E-state index >= 15 is 0 Å². The van der Waals surface area contributed by atoms with Crippen LogP contribution in [-0.4, -0.2) is 53.9 Å². The van der Waals surface area contributed by atoms with Gasteiger partial charge in [0, 0.05) is 54.8 Å². The number of urea groups is 1. The first-order valence-corrected chi connectivity index (χ1v) is 11.1. The lowest BCUT2D eigenvalue weighted by molar-refractivity contribution is -0.121. The molecule has 28 heavy (non-hydrogen) atoms. The summed E-state index contributed by atoms with van der Waals surface area (Å²) >= 11 is 9.50. The van der Waals surface area contributed by atoms with Crippen molar-refractivity contribution in [3.63, 3.8) is 0 Å². The number of halogens is 1. The maximum absolute atomic E-state index is 12.6. The molecule has 3 amide bonds. The molecule has 1 aromatic carbocycles. The van der Waals surface area contributed by atoms with Crippen molar-refractivity contribution in [3.05, 3.63) is 34.3 Å². The van der Waals surface area contributed by atoms with Crippen LogP contribution in [0.25, 0.3) is 0 Å². The Bertz CT molecular complexity index is 863. The molecule has 1 N–H and O–H groups in total. The Morgan fingerprint density at radius 2 is 2.04 bits per heavy atom. The van der Waals surface area contributed by atoms with Crippen molar-refractivity contribution in [1.29, 1.82) is 0 Å². The number of nitrogens with one attached hydrogen (secondary N) is 1. The molecule has 1 aliphatic rings. The van der Waals surface area contributed by atoms with Gasteiger partial charge in [-0.2, -0.15) is 0 Å². The summed E-state index contributed by atoms with van der Waals surface area (Å²) in [5.74, 6) is -0.124. The minimum Gasteiger partial charge on any atom is -0.331 e. The number of hydrogen-bond donors (Lipinski definition) is 1. The highest BCUT2D eigenvalue weighted by molar-refractivity contribution is 8.01. The summed E-state index contributed by atoms with van der Waals surface area (Å²) in [6.07, 6.45) is 1.33. The summed E-state index contributed by atoms with van der Waals surface area (Å²) < 4.78 is 0.940. The number of carbonyl (C=O) groups is 2. The van der Waals surface area contributed by atoms with Crippen molar-refractivity contribution in [2.45, 2.75) is 29.0 Å². The number of anilines is 1. The molecule has 0 atom stereocenters. The smallest absolute Gasteiger partial charge is 0.319 e. The topological polar surface area (TPSA) is 65.5 Å². The van der Waals surface area contributed by atoms with Crippen LogP contribution in [0.1, 0.15) is 18.5 Å². The molecule has 0 spiro atoms. The van der Waals surface area contributed by atoms with Crippen LogP contribution in [0.3, 0.4) is 0 Å². The normalized spacial score (nSPS) is 14.8. The quantitative estimate of drug-likeness (QED) is 0.758. The van der Waals surface area contributed by atoms with E-state index in [0.29, 0.717) is 36.6 Å². The predicted octanol–water partition coefficient (Wildman–Crippen LogP) is 4.59. The number of nitrogens with zero attached hydrogens (tertiary/aromatic N) is 3. The van der Waals surface area contributed by atoms with Crippen molar-refractivity contribution >= 4 is 52.3 Å². The van der Waals surface area contributed by atoms with E-state index in [4.69, 9.17) is 11.6 Å². The van der Waals surface area contributed by atoms with E-state index in [-0.39, 0.29) is 17.9 Å². The number of rotatable bonds is 4. The Morgan fingerprint density at radius 1 is 1.32 bits per heavy atom. The highest BCUT2D eigenvalue weighted by Crippen LogP contribution is 2.36. The van der Waals surface area contributed by atoms with E-state index in [1.165, 1.54) is 11.8 Å². The fourth-order valence-corrected chi connectivity index (χ4v) is 5.09. The maximum atomic E-state index is 12.6. The van der Waals surface area contributed by atoms with Crippen molar-refractivity contribution in [2.24, 2.45) is 5.92 Å². The largest absolute Gasteiger partial charge is 0.331 e. The lowest BCUT2D eigenvalue weighted by atomic mass is 9.96. The van der Waals surface area contributed by atoms with Gasteiger partial charge in [-0.1, -0.05) is 23.4 Å². The highest BCUT2D eigenvalue weighted by Gasteiger charge is 2.28. The number of piperidine rings is 1. The molecule has 1 saturated heterocycles. The molecule has 1 aliphatic heterocycles. The van der Waals surface area contributed by atoms with Gasteiger partial charge in [-0.05, 0) is 38.0 Å². The van der Waals surface area contributed by atoms with Gasteiger partial charge in [-0.15, -0.1) is 11.3 Å². The minimum absolute atomic E-state index is 0.00541. The van der Waals surface area contributed by atoms with Gasteiger partial charge in [0.25, 0.3) is 0 Å². The van der Waals surface area contributed by atoms with Gasteiger partial charge in [-0.25, -0.2) is 9.78 Å². The molecule has 0 radical (unpaired) electrons. The number of likely N-dealkylation sites (tertiary alicyclic amines) is 1. The van der Waals surface area contributed by atoms with E-state index < -0.39 is 0 Å². The lowest BCUT2D eigenvalue weighted by Gasteiger charge is -2.33. The maximum Gasteiger partial charge on any atom is 0.319 e. The zero-order chi connectivity index (χ0) is 20.3. The van der Waals surface area contributed by atoms with Gasteiger partial charge in [0.1, 0.15) is 0 Å². The number of amides is 3. The summed E-state index contributed by atoms with van der Waals surface area (Å²) in [6, 6.07) is 5.52. The number of hydrogen-bond acceptors (Lipinski definition) is 5. The Labute approximate surface area is 178 Å². The summed E-state index contributed by atoms with van der Waals surface area (Å²) in [7, 11) is 3.48. The van der Waals surface area contributed by atoms with Crippen LogP contribution in [-0.2, 0) is 4.79 Å². The van der Waals surface area contributed by atoms with Crippen LogP contribution in [0.4, 0.5) is 10.5 Å².